The normalized spacial score (nSPS) is 10.8. The van der Waals surface area contributed by atoms with Crippen LogP contribution in [-0.2, 0) is 4.79 Å². The number of benzene rings is 1. The van der Waals surface area contributed by atoms with Gasteiger partial charge in [-0.2, -0.15) is 5.10 Å². The third-order valence-corrected chi connectivity index (χ3v) is 2.76. The van der Waals surface area contributed by atoms with E-state index >= 15 is 0 Å². The predicted octanol–water partition coefficient (Wildman–Crippen LogP) is 3.64. The van der Waals surface area contributed by atoms with Crippen LogP contribution in [0.25, 0.3) is 0 Å². The van der Waals surface area contributed by atoms with Crippen LogP contribution >= 0.6 is 0 Å². The second-order valence-corrected chi connectivity index (χ2v) is 4.51. The largest absolute Gasteiger partial charge is 0.273 e. The van der Waals surface area contributed by atoms with E-state index in [1.54, 1.807) is 12.1 Å². The molecule has 0 aliphatic rings. The lowest BCUT2D eigenvalue weighted by molar-refractivity contribution is -0.121. The molecule has 1 aromatic rings. The van der Waals surface area contributed by atoms with Crippen molar-refractivity contribution in [1.29, 1.82) is 0 Å². The van der Waals surface area contributed by atoms with Crippen LogP contribution in [0.1, 0.15) is 51.0 Å². The Morgan fingerprint density at radius 2 is 2.11 bits per heavy atom. The summed E-state index contributed by atoms with van der Waals surface area (Å²) in [7, 11) is 0. The van der Waals surface area contributed by atoms with Gasteiger partial charge in [0.25, 0.3) is 0 Å². The molecule has 1 aromatic carbocycles. The molecule has 0 heterocycles. The lowest BCUT2D eigenvalue weighted by Crippen LogP contribution is -2.16. The maximum Gasteiger partial charge on any atom is 0.240 e. The van der Waals surface area contributed by atoms with Crippen LogP contribution in [0.3, 0.4) is 0 Å². The third-order valence-electron chi connectivity index (χ3n) is 2.76. The summed E-state index contributed by atoms with van der Waals surface area (Å²) in [5.41, 5.74) is 3.08. The van der Waals surface area contributed by atoms with E-state index in [9.17, 15) is 9.18 Å². The summed E-state index contributed by atoms with van der Waals surface area (Å²) in [4.78, 5) is 11.4. The molecule has 0 atom stereocenters. The van der Waals surface area contributed by atoms with E-state index in [4.69, 9.17) is 0 Å². The second kappa shape index (κ2) is 9.25. The molecule has 0 saturated carbocycles. The van der Waals surface area contributed by atoms with Crippen LogP contribution in [0.2, 0.25) is 0 Å². The summed E-state index contributed by atoms with van der Waals surface area (Å²) in [5.74, 6) is -0.407. The van der Waals surface area contributed by atoms with E-state index in [-0.39, 0.29) is 11.7 Å². The molecular weight excluding hydrogens is 243 g/mol. The Morgan fingerprint density at radius 1 is 1.32 bits per heavy atom. The first-order valence-corrected chi connectivity index (χ1v) is 6.80. The molecule has 0 aromatic heterocycles. The molecule has 4 heteroatoms. The topological polar surface area (TPSA) is 41.5 Å². The number of nitrogens with zero attached hydrogens (tertiary/aromatic N) is 1. The molecule has 104 valence electrons. The predicted molar refractivity (Wildman–Crippen MR) is 75.5 cm³/mol. The minimum Gasteiger partial charge on any atom is -0.273 e. The Morgan fingerprint density at radius 3 is 2.84 bits per heavy atom. The van der Waals surface area contributed by atoms with Crippen molar-refractivity contribution in [3.05, 3.63) is 35.6 Å². The number of carbonyl (C=O) groups is 1. The highest BCUT2D eigenvalue weighted by molar-refractivity contribution is 5.82. The maximum absolute atomic E-state index is 12.9. The monoisotopic (exact) mass is 264 g/mol. The molecule has 0 aliphatic heterocycles. The molecule has 0 unspecified atom stereocenters. The summed E-state index contributed by atoms with van der Waals surface area (Å²) < 4.78 is 12.9. The fraction of sp³-hybridized carbons (Fsp3) is 0.467. The molecule has 0 bridgehead atoms. The van der Waals surface area contributed by atoms with Gasteiger partial charge in [0.05, 0.1) is 6.21 Å². The molecule has 1 rings (SSSR count). The molecule has 1 amide bonds. The third kappa shape index (κ3) is 7.34. The van der Waals surface area contributed by atoms with Crippen LogP contribution in [0, 0.1) is 5.82 Å². The van der Waals surface area contributed by atoms with Crippen molar-refractivity contribution in [3.63, 3.8) is 0 Å². The molecule has 0 spiro atoms. The van der Waals surface area contributed by atoms with Gasteiger partial charge in [-0.25, -0.2) is 9.82 Å². The van der Waals surface area contributed by atoms with Crippen molar-refractivity contribution >= 4 is 12.1 Å². The van der Waals surface area contributed by atoms with E-state index in [0.29, 0.717) is 12.0 Å². The Balaban J connectivity index is 2.19. The summed E-state index contributed by atoms with van der Waals surface area (Å²) in [6, 6.07) is 6.06. The Bertz CT molecular complexity index is 418. The quantitative estimate of drug-likeness (QED) is 0.435. The van der Waals surface area contributed by atoms with E-state index < -0.39 is 0 Å². The van der Waals surface area contributed by atoms with Crippen LogP contribution in [0.15, 0.2) is 29.4 Å². The number of hydrogen-bond donors (Lipinski definition) is 1. The minimum atomic E-state index is -0.314. The first-order chi connectivity index (χ1) is 9.22. The fourth-order valence-corrected chi connectivity index (χ4v) is 1.71. The molecular formula is C15H21FN2O. The molecule has 1 N–H and O–H groups in total. The molecule has 0 radical (unpaired) electrons. The summed E-state index contributed by atoms with van der Waals surface area (Å²) in [5, 5.41) is 3.81. The average molecular weight is 264 g/mol. The van der Waals surface area contributed by atoms with Crippen LogP contribution in [0.5, 0.6) is 0 Å². The number of amides is 1. The SMILES string of the molecule is CCCCCCCC(=O)NN=Cc1cccc(F)c1. The Kier molecular flexibility index (Phi) is 7.47. The first kappa shape index (κ1) is 15.3. The highest BCUT2D eigenvalue weighted by Gasteiger charge is 1.98. The number of rotatable bonds is 8. The summed E-state index contributed by atoms with van der Waals surface area (Å²) in [6.45, 7) is 2.16. The molecule has 0 aliphatic carbocycles. The van der Waals surface area contributed by atoms with Gasteiger partial charge in [-0.3, -0.25) is 4.79 Å². The Hall–Kier alpha value is -1.71. The summed E-state index contributed by atoms with van der Waals surface area (Å²) >= 11 is 0. The zero-order valence-corrected chi connectivity index (χ0v) is 11.4. The Labute approximate surface area is 113 Å². The van der Waals surface area contributed by atoms with Crippen molar-refractivity contribution in [2.45, 2.75) is 45.4 Å². The fourth-order valence-electron chi connectivity index (χ4n) is 1.71. The van der Waals surface area contributed by atoms with E-state index in [0.717, 1.165) is 12.8 Å². The van der Waals surface area contributed by atoms with Crippen molar-refractivity contribution < 1.29 is 9.18 Å². The van der Waals surface area contributed by atoms with Crippen molar-refractivity contribution in [2.75, 3.05) is 0 Å². The lowest BCUT2D eigenvalue weighted by Gasteiger charge is -2.00. The number of nitrogens with one attached hydrogen (secondary N) is 1. The first-order valence-electron chi connectivity index (χ1n) is 6.80. The standard InChI is InChI=1S/C15H21FN2O/c1-2-3-4-5-6-10-15(19)18-17-12-13-8-7-9-14(16)11-13/h7-9,11-12H,2-6,10H2,1H3,(H,18,19). The number of hydrogen-bond acceptors (Lipinski definition) is 2. The van der Waals surface area contributed by atoms with Crippen molar-refractivity contribution in [1.82, 2.24) is 5.43 Å². The lowest BCUT2D eigenvalue weighted by atomic mass is 10.1. The average Bonchev–Trinajstić information content (AvgIpc) is 2.38. The van der Waals surface area contributed by atoms with Gasteiger partial charge < -0.3 is 0 Å². The minimum absolute atomic E-state index is 0.0934. The number of halogens is 1. The van der Waals surface area contributed by atoms with E-state index in [2.05, 4.69) is 17.5 Å². The van der Waals surface area contributed by atoms with Gasteiger partial charge in [-0.1, -0.05) is 44.7 Å². The summed E-state index contributed by atoms with van der Waals surface area (Å²) in [6.07, 6.45) is 7.50. The second-order valence-electron chi connectivity index (χ2n) is 4.51. The number of unbranched alkanes of at least 4 members (excludes halogenated alkanes) is 4. The number of carbonyl (C=O) groups excluding carboxylic acids is 1. The maximum atomic E-state index is 12.9. The molecule has 0 saturated heterocycles. The zero-order chi connectivity index (χ0) is 13.9. The van der Waals surface area contributed by atoms with Gasteiger partial charge in [0.1, 0.15) is 5.82 Å². The van der Waals surface area contributed by atoms with Gasteiger partial charge in [-0.05, 0) is 24.1 Å². The smallest absolute Gasteiger partial charge is 0.240 e. The van der Waals surface area contributed by atoms with Crippen LogP contribution in [-0.4, -0.2) is 12.1 Å². The highest BCUT2D eigenvalue weighted by atomic mass is 19.1. The van der Waals surface area contributed by atoms with E-state index in [1.807, 2.05) is 0 Å². The molecule has 3 nitrogen and oxygen atoms in total. The van der Waals surface area contributed by atoms with Gasteiger partial charge in [0, 0.05) is 6.42 Å². The molecule has 0 fully saturated rings. The number of hydrazone groups is 1. The van der Waals surface area contributed by atoms with E-state index in [1.165, 1.54) is 37.6 Å². The van der Waals surface area contributed by atoms with Crippen molar-refractivity contribution in [3.8, 4) is 0 Å². The van der Waals surface area contributed by atoms with Gasteiger partial charge in [-0.15, -0.1) is 0 Å². The molecule has 19 heavy (non-hydrogen) atoms. The van der Waals surface area contributed by atoms with Crippen LogP contribution < -0.4 is 5.43 Å². The highest BCUT2D eigenvalue weighted by Crippen LogP contribution is 2.04. The van der Waals surface area contributed by atoms with Crippen molar-refractivity contribution in [2.24, 2.45) is 5.10 Å². The van der Waals surface area contributed by atoms with Gasteiger partial charge in [0.15, 0.2) is 0 Å². The van der Waals surface area contributed by atoms with Gasteiger partial charge >= 0.3 is 0 Å². The zero-order valence-electron chi connectivity index (χ0n) is 11.4. The van der Waals surface area contributed by atoms with Gasteiger partial charge in [0.2, 0.25) is 5.91 Å². The van der Waals surface area contributed by atoms with Crippen LogP contribution in [0.4, 0.5) is 4.39 Å².